The molecule has 0 bridgehead atoms. The lowest BCUT2D eigenvalue weighted by atomic mass is 10.2. The molecule has 5 heteroatoms. The molecule has 0 saturated carbocycles. The van der Waals surface area contributed by atoms with E-state index in [2.05, 4.69) is 6.58 Å². The summed E-state index contributed by atoms with van der Waals surface area (Å²) in [5, 5.41) is 0. The van der Waals surface area contributed by atoms with Crippen molar-refractivity contribution < 1.29 is 19.1 Å². The first-order valence-corrected chi connectivity index (χ1v) is 6.54. The summed E-state index contributed by atoms with van der Waals surface area (Å²) in [6.45, 7) is 4.10. The zero-order valence-corrected chi connectivity index (χ0v) is 11.8. The van der Waals surface area contributed by atoms with Gasteiger partial charge in [-0.1, -0.05) is 43.0 Å². The molecule has 5 nitrogen and oxygen atoms in total. The summed E-state index contributed by atoms with van der Waals surface area (Å²) in [4.78, 5) is 25.2. The van der Waals surface area contributed by atoms with Gasteiger partial charge in [0.05, 0.1) is 7.11 Å². The monoisotopic (exact) mass is 287 g/mol. The van der Waals surface area contributed by atoms with Gasteiger partial charge in [0, 0.05) is 6.54 Å². The van der Waals surface area contributed by atoms with Crippen LogP contribution >= 0.6 is 0 Å². The number of hydrogen-bond donors (Lipinski definition) is 0. The van der Waals surface area contributed by atoms with Gasteiger partial charge in [-0.05, 0) is 17.2 Å². The molecule has 110 valence electrons. The summed E-state index contributed by atoms with van der Waals surface area (Å²) in [7, 11) is 1.29. The van der Waals surface area contributed by atoms with Crippen LogP contribution in [0.2, 0.25) is 0 Å². The topological polar surface area (TPSA) is 55.8 Å². The molecule has 0 radical (unpaired) electrons. The van der Waals surface area contributed by atoms with Gasteiger partial charge in [-0.2, -0.15) is 0 Å². The predicted octanol–water partition coefficient (Wildman–Crippen LogP) is 2.29. The Morgan fingerprint density at radius 3 is 2.71 bits per heavy atom. The third-order valence-corrected chi connectivity index (χ3v) is 3.21. The van der Waals surface area contributed by atoms with Crippen molar-refractivity contribution in [3.63, 3.8) is 0 Å². The largest absolute Gasteiger partial charge is 0.467 e. The van der Waals surface area contributed by atoms with Crippen LogP contribution in [0.3, 0.4) is 0 Å². The van der Waals surface area contributed by atoms with E-state index in [-0.39, 0.29) is 13.2 Å². The van der Waals surface area contributed by atoms with Crippen LogP contribution in [-0.4, -0.2) is 36.7 Å². The van der Waals surface area contributed by atoms with Gasteiger partial charge in [-0.25, -0.2) is 9.59 Å². The van der Waals surface area contributed by atoms with E-state index in [4.69, 9.17) is 9.47 Å². The van der Waals surface area contributed by atoms with Crippen molar-refractivity contribution in [1.29, 1.82) is 0 Å². The molecule has 1 aromatic rings. The van der Waals surface area contributed by atoms with Crippen LogP contribution in [0.5, 0.6) is 0 Å². The number of rotatable bonds is 4. The zero-order chi connectivity index (χ0) is 15.2. The van der Waals surface area contributed by atoms with Crippen LogP contribution in [-0.2, 0) is 20.9 Å². The number of methoxy groups -OCH3 is 1. The standard InChI is InChI=1S/C16H17NO4/c1-3-12-9-14(15(18)20-2)17(10-12)16(19)21-11-13-7-5-4-6-8-13/h3-9,14H,1,10-11H2,2H3/t14-/m0/s1. The Kier molecular flexibility index (Phi) is 4.77. The first-order valence-electron chi connectivity index (χ1n) is 6.54. The van der Waals surface area contributed by atoms with Gasteiger partial charge in [0.15, 0.2) is 6.04 Å². The molecule has 0 aromatic heterocycles. The number of ether oxygens (including phenoxy) is 2. The Balaban J connectivity index is 2.01. The minimum atomic E-state index is -0.758. The van der Waals surface area contributed by atoms with Gasteiger partial charge in [-0.15, -0.1) is 0 Å². The molecule has 1 amide bonds. The molecule has 1 aliphatic heterocycles. The smallest absolute Gasteiger partial charge is 0.411 e. The highest BCUT2D eigenvalue weighted by molar-refractivity contribution is 5.85. The Morgan fingerprint density at radius 2 is 2.10 bits per heavy atom. The number of esters is 1. The summed E-state index contributed by atoms with van der Waals surface area (Å²) < 4.78 is 9.94. The van der Waals surface area contributed by atoms with Crippen LogP contribution < -0.4 is 0 Å². The second kappa shape index (κ2) is 6.74. The molecule has 0 unspecified atom stereocenters. The molecule has 0 spiro atoms. The molecule has 1 heterocycles. The second-order valence-electron chi connectivity index (χ2n) is 4.58. The predicted molar refractivity (Wildman–Crippen MR) is 77.4 cm³/mol. The number of hydrogen-bond acceptors (Lipinski definition) is 4. The van der Waals surface area contributed by atoms with Crippen molar-refractivity contribution in [2.24, 2.45) is 0 Å². The summed E-state index contributed by atoms with van der Waals surface area (Å²) in [6, 6.07) is 8.59. The molecule has 1 aliphatic rings. The molecule has 0 aliphatic carbocycles. The van der Waals surface area contributed by atoms with Crippen molar-refractivity contribution in [2.45, 2.75) is 12.6 Å². The van der Waals surface area contributed by atoms with E-state index < -0.39 is 18.1 Å². The molecular formula is C16H17NO4. The minimum Gasteiger partial charge on any atom is -0.467 e. The lowest BCUT2D eigenvalue weighted by Gasteiger charge is -2.22. The van der Waals surface area contributed by atoms with Crippen molar-refractivity contribution in [2.75, 3.05) is 13.7 Å². The van der Waals surface area contributed by atoms with E-state index >= 15 is 0 Å². The maximum Gasteiger partial charge on any atom is 0.411 e. The highest BCUT2D eigenvalue weighted by Crippen LogP contribution is 2.19. The highest BCUT2D eigenvalue weighted by Gasteiger charge is 2.35. The number of benzene rings is 1. The van der Waals surface area contributed by atoms with Crippen LogP contribution in [0.15, 0.2) is 54.6 Å². The SMILES string of the molecule is C=CC1=C[C@@H](C(=O)OC)N(C(=O)OCc2ccccc2)C1. The van der Waals surface area contributed by atoms with E-state index in [1.807, 2.05) is 30.3 Å². The van der Waals surface area contributed by atoms with Crippen LogP contribution in [0.1, 0.15) is 5.56 Å². The van der Waals surface area contributed by atoms with Crippen molar-refractivity contribution >= 4 is 12.1 Å². The summed E-state index contributed by atoms with van der Waals surface area (Å²) >= 11 is 0. The van der Waals surface area contributed by atoms with Crippen LogP contribution in [0.25, 0.3) is 0 Å². The van der Waals surface area contributed by atoms with Crippen molar-refractivity contribution in [3.05, 3.63) is 60.2 Å². The first kappa shape index (κ1) is 14.8. The van der Waals surface area contributed by atoms with E-state index in [1.165, 1.54) is 12.0 Å². The van der Waals surface area contributed by atoms with Gasteiger partial charge >= 0.3 is 12.1 Å². The van der Waals surface area contributed by atoms with E-state index in [9.17, 15) is 9.59 Å². The number of amides is 1. The molecule has 21 heavy (non-hydrogen) atoms. The molecular weight excluding hydrogens is 270 g/mol. The maximum atomic E-state index is 12.1. The van der Waals surface area contributed by atoms with Gasteiger partial charge in [0.2, 0.25) is 0 Å². The van der Waals surface area contributed by atoms with E-state index in [0.717, 1.165) is 11.1 Å². The highest BCUT2D eigenvalue weighted by atomic mass is 16.6. The fraction of sp³-hybridized carbons (Fsp3) is 0.250. The van der Waals surface area contributed by atoms with E-state index in [0.29, 0.717) is 0 Å². The molecule has 0 fully saturated rings. The van der Waals surface area contributed by atoms with Gasteiger partial charge in [-0.3, -0.25) is 4.90 Å². The van der Waals surface area contributed by atoms with Gasteiger partial charge in [0.1, 0.15) is 6.61 Å². The van der Waals surface area contributed by atoms with Crippen molar-refractivity contribution in [1.82, 2.24) is 4.90 Å². The van der Waals surface area contributed by atoms with Crippen LogP contribution in [0, 0.1) is 0 Å². The fourth-order valence-electron chi connectivity index (χ4n) is 2.07. The molecule has 1 atom stereocenters. The molecule has 0 saturated heterocycles. The average molecular weight is 287 g/mol. The summed E-state index contributed by atoms with van der Waals surface area (Å²) in [5.41, 5.74) is 1.68. The number of nitrogens with zero attached hydrogens (tertiary/aromatic N) is 1. The Morgan fingerprint density at radius 1 is 1.38 bits per heavy atom. The molecule has 0 N–H and O–H groups in total. The molecule has 1 aromatic carbocycles. The third kappa shape index (κ3) is 3.51. The second-order valence-corrected chi connectivity index (χ2v) is 4.58. The lowest BCUT2D eigenvalue weighted by Crippen LogP contribution is -2.41. The van der Waals surface area contributed by atoms with Crippen molar-refractivity contribution in [3.8, 4) is 0 Å². The number of carbonyl (C=O) groups is 2. The Hall–Kier alpha value is -2.56. The molecule has 2 rings (SSSR count). The third-order valence-electron chi connectivity index (χ3n) is 3.21. The van der Waals surface area contributed by atoms with Crippen LogP contribution in [0.4, 0.5) is 4.79 Å². The quantitative estimate of drug-likeness (QED) is 0.797. The van der Waals surface area contributed by atoms with E-state index in [1.54, 1.807) is 12.2 Å². The first-order chi connectivity index (χ1) is 10.2. The lowest BCUT2D eigenvalue weighted by molar-refractivity contribution is -0.144. The number of carbonyl (C=O) groups excluding carboxylic acids is 2. The summed E-state index contributed by atoms with van der Waals surface area (Å²) in [6.07, 6.45) is 2.71. The summed E-state index contributed by atoms with van der Waals surface area (Å²) in [5.74, 6) is -0.497. The average Bonchev–Trinajstić information content (AvgIpc) is 2.97. The normalized spacial score (nSPS) is 17.1. The van der Waals surface area contributed by atoms with Gasteiger partial charge in [0.25, 0.3) is 0 Å². The Labute approximate surface area is 123 Å². The fourth-order valence-corrected chi connectivity index (χ4v) is 2.07. The zero-order valence-electron chi connectivity index (χ0n) is 11.8. The Bertz CT molecular complexity index is 565. The maximum absolute atomic E-state index is 12.1. The minimum absolute atomic E-state index is 0.160. The van der Waals surface area contributed by atoms with Gasteiger partial charge < -0.3 is 9.47 Å².